The van der Waals surface area contributed by atoms with Crippen LogP contribution in [-0.4, -0.2) is 4.98 Å². The summed E-state index contributed by atoms with van der Waals surface area (Å²) < 4.78 is 0. The van der Waals surface area contributed by atoms with Gasteiger partial charge in [-0.3, -0.25) is 0 Å². The average molecular weight is 172 g/mol. The second-order valence-electron chi connectivity index (χ2n) is 3.40. The zero-order chi connectivity index (χ0) is 9.10. The average Bonchev–Trinajstić information content (AvgIpc) is 2.88. The monoisotopic (exact) mass is 172 g/mol. The molecule has 1 aromatic heterocycles. The van der Waals surface area contributed by atoms with E-state index in [-0.39, 0.29) is 0 Å². The SMILES string of the molecule is Nc1cccc(C#CCC2CC2)n1. The summed E-state index contributed by atoms with van der Waals surface area (Å²) in [5, 5.41) is 0. The fourth-order valence-electron chi connectivity index (χ4n) is 1.13. The molecule has 1 aromatic rings. The summed E-state index contributed by atoms with van der Waals surface area (Å²) in [7, 11) is 0. The molecular weight excluding hydrogens is 160 g/mol. The van der Waals surface area contributed by atoms with E-state index < -0.39 is 0 Å². The number of hydrogen-bond acceptors (Lipinski definition) is 2. The zero-order valence-electron chi connectivity index (χ0n) is 7.46. The molecule has 0 radical (unpaired) electrons. The number of nitrogens with zero attached hydrogens (tertiary/aromatic N) is 1. The van der Waals surface area contributed by atoms with E-state index >= 15 is 0 Å². The Labute approximate surface area is 78.2 Å². The van der Waals surface area contributed by atoms with E-state index in [1.165, 1.54) is 12.8 Å². The van der Waals surface area contributed by atoms with Gasteiger partial charge in [-0.25, -0.2) is 4.98 Å². The quantitative estimate of drug-likeness (QED) is 0.656. The maximum absolute atomic E-state index is 5.52. The highest BCUT2D eigenvalue weighted by atomic mass is 14.8. The van der Waals surface area contributed by atoms with Crippen molar-refractivity contribution in [2.75, 3.05) is 5.73 Å². The van der Waals surface area contributed by atoms with Gasteiger partial charge in [0.25, 0.3) is 0 Å². The van der Waals surface area contributed by atoms with Gasteiger partial charge in [-0.2, -0.15) is 0 Å². The fraction of sp³-hybridized carbons (Fsp3) is 0.364. The molecule has 0 aliphatic heterocycles. The molecule has 1 aliphatic rings. The lowest BCUT2D eigenvalue weighted by molar-refractivity contribution is 0.884. The molecule has 2 N–H and O–H groups in total. The maximum Gasteiger partial charge on any atom is 0.124 e. The molecule has 1 saturated carbocycles. The summed E-state index contributed by atoms with van der Waals surface area (Å²) in [6, 6.07) is 5.53. The summed E-state index contributed by atoms with van der Waals surface area (Å²) in [5.41, 5.74) is 6.30. The highest BCUT2D eigenvalue weighted by Crippen LogP contribution is 2.31. The van der Waals surface area contributed by atoms with Gasteiger partial charge in [0.1, 0.15) is 11.5 Å². The molecule has 1 fully saturated rings. The number of anilines is 1. The first-order chi connectivity index (χ1) is 6.34. The van der Waals surface area contributed by atoms with E-state index in [9.17, 15) is 0 Å². The topological polar surface area (TPSA) is 38.9 Å². The van der Waals surface area contributed by atoms with Crippen LogP contribution in [0.25, 0.3) is 0 Å². The zero-order valence-corrected chi connectivity index (χ0v) is 7.46. The van der Waals surface area contributed by atoms with E-state index in [0.29, 0.717) is 5.82 Å². The molecule has 0 spiro atoms. The Morgan fingerprint density at radius 2 is 2.31 bits per heavy atom. The van der Waals surface area contributed by atoms with Crippen LogP contribution in [0.4, 0.5) is 5.82 Å². The summed E-state index contributed by atoms with van der Waals surface area (Å²) >= 11 is 0. The van der Waals surface area contributed by atoms with Gasteiger partial charge in [0, 0.05) is 6.42 Å². The Morgan fingerprint density at radius 3 is 3.00 bits per heavy atom. The summed E-state index contributed by atoms with van der Waals surface area (Å²) in [6.45, 7) is 0. The van der Waals surface area contributed by atoms with Gasteiger partial charge in [0.05, 0.1) is 0 Å². The van der Waals surface area contributed by atoms with Crippen LogP contribution in [0.2, 0.25) is 0 Å². The maximum atomic E-state index is 5.52. The minimum Gasteiger partial charge on any atom is -0.384 e. The van der Waals surface area contributed by atoms with Crippen molar-refractivity contribution in [3.63, 3.8) is 0 Å². The molecule has 0 amide bonds. The summed E-state index contributed by atoms with van der Waals surface area (Å²) in [6.07, 6.45) is 3.70. The van der Waals surface area contributed by atoms with Gasteiger partial charge in [0.15, 0.2) is 0 Å². The number of aromatic nitrogens is 1. The van der Waals surface area contributed by atoms with Gasteiger partial charge in [-0.05, 0) is 36.8 Å². The number of nitrogen functional groups attached to an aromatic ring is 1. The Morgan fingerprint density at radius 1 is 1.46 bits per heavy atom. The van der Waals surface area contributed by atoms with Gasteiger partial charge in [-0.15, -0.1) is 0 Å². The summed E-state index contributed by atoms with van der Waals surface area (Å²) in [5.74, 6) is 7.53. The number of rotatable bonds is 1. The lowest BCUT2D eigenvalue weighted by Crippen LogP contribution is -1.90. The predicted octanol–water partition coefficient (Wildman–Crippen LogP) is 1.82. The van der Waals surface area contributed by atoms with Crippen LogP contribution in [0.3, 0.4) is 0 Å². The minimum atomic E-state index is 0.540. The van der Waals surface area contributed by atoms with E-state index in [4.69, 9.17) is 5.73 Å². The molecule has 2 nitrogen and oxygen atoms in total. The Hall–Kier alpha value is -1.49. The van der Waals surface area contributed by atoms with Gasteiger partial charge in [0.2, 0.25) is 0 Å². The van der Waals surface area contributed by atoms with Crippen molar-refractivity contribution < 1.29 is 0 Å². The molecule has 0 saturated heterocycles. The smallest absolute Gasteiger partial charge is 0.124 e. The molecule has 1 aliphatic carbocycles. The van der Waals surface area contributed by atoms with Gasteiger partial charge < -0.3 is 5.73 Å². The van der Waals surface area contributed by atoms with Crippen molar-refractivity contribution in [2.45, 2.75) is 19.3 Å². The third-order valence-electron chi connectivity index (χ3n) is 2.07. The Balaban J connectivity index is 2.01. The molecule has 2 rings (SSSR count). The number of nitrogens with two attached hydrogens (primary N) is 1. The van der Waals surface area contributed by atoms with Crippen LogP contribution < -0.4 is 5.73 Å². The molecule has 0 bridgehead atoms. The highest BCUT2D eigenvalue weighted by molar-refractivity contribution is 5.36. The van der Waals surface area contributed by atoms with Crippen molar-refractivity contribution in [3.05, 3.63) is 23.9 Å². The molecule has 1 heterocycles. The third-order valence-corrected chi connectivity index (χ3v) is 2.07. The van der Waals surface area contributed by atoms with E-state index in [1.807, 2.05) is 12.1 Å². The van der Waals surface area contributed by atoms with Crippen molar-refractivity contribution in [3.8, 4) is 11.8 Å². The van der Waals surface area contributed by atoms with Gasteiger partial charge >= 0.3 is 0 Å². The predicted molar refractivity (Wildman–Crippen MR) is 52.9 cm³/mol. The van der Waals surface area contributed by atoms with Crippen molar-refractivity contribution in [1.29, 1.82) is 0 Å². The lowest BCUT2D eigenvalue weighted by atomic mass is 10.3. The van der Waals surface area contributed by atoms with E-state index in [2.05, 4.69) is 16.8 Å². The molecular formula is C11H12N2. The Bertz CT molecular complexity index is 356. The molecule has 66 valence electrons. The molecule has 13 heavy (non-hydrogen) atoms. The molecule has 0 unspecified atom stereocenters. The molecule has 0 atom stereocenters. The first-order valence-electron chi connectivity index (χ1n) is 4.56. The van der Waals surface area contributed by atoms with Crippen molar-refractivity contribution in [2.24, 2.45) is 5.92 Å². The van der Waals surface area contributed by atoms with Crippen LogP contribution in [0, 0.1) is 17.8 Å². The van der Waals surface area contributed by atoms with Crippen LogP contribution in [-0.2, 0) is 0 Å². The van der Waals surface area contributed by atoms with Crippen LogP contribution in [0.1, 0.15) is 25.0 Å². The largest absolute Gasteiger partial charge is 0.384 e. The first kappa shape index (κ1) is 8.12. The first-order valence-corrected chi connectivity index (χ1v) is 4.56. The highest BCUT2D eigenvalue weighted by Gasteiger charge is 2.19. The lowest BCUT2D eigenvalue weighted by Gasteiger charge is -1.91. The van der Waals surface area contributed by atoms with Crippen molar-refractivity contribution in [1.82, 2.24) is 4.98 Å². The normalized spacial score (nSPS) is 14.8. The second-order valence-corrected chi connectivity index (χ2v) is 3.40. The van der Waals surface area contributed by atoms with Gasteiger partial charge in [-0.1, -0.05) is 12.0 Å². The standard InChI is InChI=1S/C11H12N2/c12-11-6-2-5-10(13-11)4-1-3-9-7-8-9/h2,5-6,9H,3,7-8H2,(H2,12,13). The Kier molecular flexibility index (Phi) is 2.18. The third kappa shape index (κ3) is 2.48. The van der Waals surface area contributed by atoms with E-state index in [0.717, 1.165) is 18.0 Å². The minimum absolute atomic E-state index is 0.540. The molecule has 0 aromatic carbocycles. The second kappa shape index (κ2) is 3.49. The summed E-state index contributed by atoms with van der Waals surface area (Å²) in [4.78, 5) is 4.09. The number of pyridine rings is 1. The van der Waals surface area contributed by atoms with Crippen LogP contribution >= 0.6 is 0 Å². The number of hydrogen-bond donors (Lipinski definition) is 1. The fourth-order valence-corrected chi connectivity index (χ4v) is 1.13. The van der Waals surface area contributed by atoms with Crippen LogP contribution in [0.5, 0.6) is 0 Å². The van der Waals surface area contributed by atoms with E-state index in [1.54, 1.807) is 6.07 Å². The van der Waals surface area contributed by atoms with Crippen LogP contribution in [0.15, 0.2) is 18.2 Å². The van der Waals surface area contributed by atoms with Crippen molar-refractivity contribution >= 4 is 5.82 Å². The molecule has 2 heteroatoms.